The Kier molecular flexibility index (Phi) is 15.5. The van der Waals surface area contributed by atoms with Crippen molar-refractivity contribution in [2.75, 3.05) is 62.6 Å². The van der Waals surface area contributed by atoms with Gasteiger partial charge in [-0.1, -0.05) is 0 Å². The van der Waals surface area contributed by atoms with Crippen LogP contribution in [0.5, 0.6) is 0 Å². The lowest BCUT2D eigenvalue weighted by Gasteiger charge is -2.44. The fraction of sp³-hybridized carbons (Fsp3) is 0.692. The third-order valence-corrected chi connectivity index (χ3v) is 13.8. The van der Waals surface area contributed by atoms with Crippen LogP contribution in [0.15, 0.2) is 24.3 Å². The zero-order valence-corrected chi connectivity index (χ0v) is 42.6. The third kappa shape index (κ3) is 12.9. The largest absolute Gasteiger partial charge is 0.459 e. The van der Waals surface area contributed by atoms with Gasteiger partial charge in [-0.25, -0.2) is 13.6 Å². The molecule has 4 saturated heterocycles. The van der Waals surface area contributed by atoms with Crippen molar-refractivity contribution in [1.82, 2.24) is 20.0 Å². The molecule has 2 unspecified atom stereocenters. The van der Waals surface area contributed by atoms with Crippen molar-refractivity contribution in [2.45, 2.75) is 181 Å². The van der Waals surface area contributed by atoms with E-state index in [-0.39, 0.29) is 46.5 Å². The first-order valence-electron chi connectivity index (χ1n) is 24.4. The molecule has 5 heterocycles. The third-order valence-electron chi connectivity index (χ3n) is 13.8. The molecule has 0 saturated carbocycles. The van der Waals surface area contributed by atoms with Crippen molar-refractivity contribution in [3.8, 4) is 0 Å². The monoisotopic (exact) mass is 937 g/mol. The van der Waals surface area contributed by atoms with E-state index in [0.717, 1.165) is 82.6 Å². The van der Waals surface area contributed by atoms with Crippen LogP contribution in [0.1, 0.15) is 143 Å². The lowest BCUT2D eigenvalue weighted by Crippen LogP contribution is -2.54. The first kappa shape index (κ1) is 52.0. The van der Waals surface area contributed by atoms with Crippen LogP contribution in [0.4, 0.5) is 25.0 Å². The van der Waals surface area contributed by atoms with Crippen molar-refractivity contribution < 1.29 is 42.2 Å². The Morgan fingerprint density at radius 3 is 1.82 bits per heavy atom. The fourth-order valence-corrected chi connectivity index (χ4v) is 10.2. The Hall–Kier alpha value is -4.34. The number of esters is 2. The fourth-order valence-electron chi connectivity index (χ4n) is 10.2. The van der Waals surface area contributed by atoms with E-state index in [4.69, 9.17) is 14.2 Å². The first-order valence-corrected chi connectivity index (χ1v) is 24.4. The molecule has 5 aliphatic rings. The summed E-state index contributed by atoms with van der Waals surface area (Å²) in [5, 5.41) is 6.98. The van der Waals surface area contributed by atoms with E-state index in [2.05, 4.69) is 34.3 Å². The number of hydrogen-bond acceptors (Lipinski definition) is 11. The first-order chi connectivity index (χ1) is 31.0. The number of nitrogens with one attached hydrogen (secondary N) is 2. The number of ether oxygens (including phenoxy) is 3. The molecule has 2 N–H and O–H groups in total. The summed E-state index contributed by atoms with van der Waals surface area (Å²) in [6.07, 6.45) is 5.70. The van der Waals surface area contributed by atoms with Crippen LogP contribution >= 0.6 is 0 Å². The molecule has 15 heteroatoms. The van der Waals surface area contributed by atoms with Gasteiger partial charge in [-0.15, -0.1) is 0 Å². The number of fused-ring (bicyclic) bond motifs is 1. The Morgan fingerprint density at radius 2 is 1.27 bits per heavy atom. The van der Waals surface area contributed by atoms with E-state index in [0.29, 0.717) is 36.3 Å². The molecular formula is C52H78F2N6O7. The minimum Gasteiger partial charge on any atom is -0.459 e. The van der Waals surface area contributed by atoms with Crippen LogP contribution in [-0.4, -0.2) is 131 Å². The molecule has 0 radical (unpaired) electrons. The quantitative estimate of drug-likeness (QED) is 0.150. The summed E-state index contributed by atoms with van der Waals surface area (Å²) in [7, 11) is 0. The average Bonchev–Trinajstić information content (AvgIpc) is 3.92. The van der Waals surface area contributed by atoms with Crippen LogP contribution in [0.3, 0.4) is 0 Å². The Labute approximate surface area is 398 Å². The number of nitrogens with zero attached hydrogens (tertiary/aromatic N) is 4. The minimum atomic E-state index is -1.45. The standard InChI is InChI=1S/C33H52FN3O6.C19H26FN3O/c1-21-18-25(23(19-24(21)34)26(27(38)41-30(2,3)4)28(39)42-31(5,6)7)35-22-12-15-37(16-13-22)33(11)14-17-36(20-33)29(40)43-32(8,9)10;1-13-9-17-14(10-16(13)20)11-18(24)23(17)15-3-7-22(8-4-15)19(2)5-6-21-12-19/h18-19,22,26,35H,12-17,20H2,1-11H3;9-10,15,21H,3-8,11-12H2,1-2H3. The number of halogens is 2. The van der Waals surface area contributed by atoms with Crippen molar-refractivity contribution >= 4 is 35.3 Å². The molecule has 7 rings (SSSR count). The summed E-state index contributed by atoms with van der Waals surface area (Å²) in [5.41, 5.74) is 1.38. The number of amides is 2. The van der Waals surface area contributed by atoms with E-state index < -0.39 is 40.5 Å². The highest BCUT2D eigenvalue weighted by atomic mass is 19.1. The predicted octanol–water partition coefficient (Wildman–Crippen LogP) is 8.42. The highest BCUT2D eigenvalue weighted by molar-refractivity contribution is 6.03. The number of aryl methyl sites for hydroxylation is 2. The molecule has 0 aromatic heterocycles. The number of likely N-dealkylation sites (tertiary alicyclic amines) is 3. The number of anilines is 2. The topological polar surface area (TPSA) is 133 Å². The zero-order valence-electron chi connectivity index (χ0n) is 42.6. The van der Waals surface area contributed by atoms with Crippen LogP contribution in [0.25, 0.3) is 0 Å². The molecule has 5 aliphatic heterocycles. The van der Waals surface area contributed by atoms with Gasteiger partial charge < -0.3 is 34.6 Å². The second-order valence-corrected chi connectivity index (χ2v) is 23.1. The molecule has 13 nitrogen and oxygen atoms in total. The van der Waals surface area contributed by atoms with Crippen LogP contribution in [0.2, 0.25) is 0 Å². The molecule has 0 aliphatic carbocycles. The molecule has 0 bridgehead atoms. The average molecular weight is 937 g/mol. The van der Waals surface area contributed by atoms with Gasteiger partial charge >= 0.3 is 18.0 Å². The lowest BCUT2D eigenvalue weighted by molar-refractivity contribution is -0.169. The molecule has 0 spiro atoms. The maximum atomic E-state index is 15.0. The van der Waals surface area contributed by atoms with Gasteiger partial charge in [-0.3, -0.25) is 24.2 Å². The molecule has 2 amide bonds. The number of rotatable bonds is 8. The van der Waals surface area contributed by atoms with Gasteiger partial charge in [-0.05, 0) is 176 Å². The number of piperidine rings is 2. The summed E-state index contributed by atoms with van der Waals surface area (Å²) in [4.78, 5) is 60.7. The number of benzene rings is 2. The summed E-state index contributed by atoms with van der Waals surface area (Å²) in [6.45, 7) is 31.0. The highest BCUT2D eigenvalue weighted by Gasteiger charge is 2.45. The SMILES string of the molecule is Cc1cc(NC2CCN(C3(C)CCN(C(=O)OC(C)(C)C)C3)CC2)c(C(C(=O)OC(C)(C)C)C(=O)OC(C)(C)C)cc1F.Cc1cc2c(cc1F)CC(=O)N2C1CCN(C2(C)CCNC2)CC1. The number of hydrogen-bond donors (Lipinski definition) is 2. The molecule has 4 fully saturated rings. The molecule has 67 heavy (non-hydrogen) atoms. The maximum absolute atomic E-state index is 15.0. The van der Waals surface area contributed by atoms with Gasteiger partial charge in [0.1, 0.15) is 28.4 Å². The summed E-state index contributed by atoms with van der Waals surface area (Å²) < 4.78 is 45.6. The van der Waals surface area contributed by atoms with Crippen molar-refractivity contribution in [3.05, 3.63) is 58.2 Å². The van der Waals surface area contributed by atoms with E-state index in [1.54, 1.807) is 72.4 Å². The van der Waals surface area contributed by atoms with Crippen molar-refractivity contribution in [2.24, 2.45) is 0 Å². The van der Waals surface area contributed by atoms with Gasteiger partial charge in [0.25, 0.3) is 0 Å². The Bertz CT molecular complexity index is 2110. The van der Waals surface area contributed by atoms with Gasteiger partial charge in [0, 0.05) is 85.9 Å². The van der Waals surface area contributed by atoms with Crippen molar-refractivity contribution in [1.29, 1.82) is 0 Å². The Morgan fingerprint density at radius 1 is 0.731 bits per heavy atom. The molecule has 372 valence electrons. The van der Waals surface area contributed by atoms with Crippen LogP contribution < -0.4 is 15.5 Å². The number of carbonyl (C=O) groups excluding carboxylic acids is 4. The highest BCUT2D eigenvalue weighted by Crippen LogP contribution is 2.38. The molecule has 2 atom stereocenters. The molecule has 2 aromatic rings. The summed E-state index contributed by atoms with van der Waals surface area (Å²) in [5.74, 6) is -3.62. The lowest BCUT2D eigenvalue weighted by atomic mass is 9.92. The van der Waals surface area contributed by atoms with Gasteiger partial charge in [0.2, 0.25) is 5.91 Å². The van der Waals surface area contributed by atoms with Gasteiger partial charge in [-0.2, -0.15) is 0 Å². The van der Waals surface area contributed by atoms with Gasteiger partial charge in [0.05, 0.1) is 6.42 Å². The number of carbonyl (C=O) groups is 4. The van der Waals surface area contributed by atoms with Crippen LogP contribution in [-0.2, 0) is 35.0 Å². The normalized spacial score (nSPS) is 23.6. The summed E-state index contributed by atoms with van der Waals surface area (Å²) >= 11 is 0. The van der Waals surface area contributed by atoms with Gasteiger partial charge in [0.15, 0.2) is 5.92 Å². The second kappa shape index (κ2) is 19.9. The minimum absolute atomic E-state index is 0.0322. The van der Waals surface area contributed by atoms with Crippen LogP contribution in [0, 0.1) is 25.5 Å². The van der Waals surface area contributed by atoms with E-state index in [1.165, 1.54) is 12.5 Å². The van der Waals surface area contributed by atoms with E-state index >= 15 is 0 Å². The van der Waals surface area contributed by atoms with E-state index in [1.807, 2.05) is 31.7 Å². The second-order valence-electron chi connectivity index (χ2n) is 23.1. The maximum Gasteiger partial charge on any atom is 0.410 e. The molecular weight excluding hydrogens is 859 g/mol. The zero-order chi connectivity index (χ0) is 49.4. The Balaban J connectivity index is 0.000000257. The smallest absolute Gasteiger partial charge is 0.410 e. The summed E-state index contributed by atoms with van der Waals surface area (Å²) in [6, 6.07) is 6.57. The van der Waals surface area contributed by atoms with E-state index in [9.17, 15) is 28.0 Å². The molecule has 2 aromatic carbocycles. The predicted molar refractivity (Wildman–Crippen MR) is 257 cm³/mol. The van der Waals surface area contributed by atoms with Crippen molar-refractivity contribution in [3.63, 3.8) is 0 Å².